The van der Waals surface area contributed by atoms with Crippen molar-refractivity contribution < 1.29 is 14.3 Å². The van der Waals surface area contributed by atoms with Crippen LogP contribution in [0.2, 0.25) is 5.02 Å². The van der Waals surface area contributed by atoms with E-state index in [1.54, 1.807) is 6.08 Å². The Morgan fingerprint density at radius 2 is 1.96 bits per heavy atom. The molecule has 0 radical (unpaired) electrons. The van der Waals surface area contributed by atoms with E-state index in [1.165, 1.54) is 12.3 Å². The van der Waals surface area contributed by atoms with Gasteiger partial charge in [0, 0.05) is 11.8 Å². The molecule has 5 nitrogen and oxygen atoms in total. The third-order valence-electron chi connectivity index (χ3n) is 3.79. The molecule has 0 aliphatic carbocycles. The number of carboxylic acids is 1. The number of carboxylic acid groups (broad SMARTS) is 1. The first-order chi connectivity index (χ1) is 12.0. The molecular weight excluding hydrogens is 345 g/mol. The van der Waals surface area contributed by atoms with Crippen molar-refractivity contribution in [2.24, 2.45) is 15.2 Å². The van der Waals surface area contributed by atoms with Gasteiger partial charge in [-0.15, -0.1) is 0 Å². The molecule has 1 aliphatic rings. The van der Waals surface area contributed by atoms with E-state index in [0.29, 0.717) is 11.3 Å². The highest BCUT2D eigenvalue weighted by Gasteiger charge is 2.34. The lowest BCUT2D eigenvalue weighted by Crippen LogP contribution is -2.27. The van der Waals surface area contributed by atoms with Crippen LogP contribution in [0.15, 0.2) is 58.2 Å². The van der Waals surface area contributed by atoms with Crippen molar-refractivity contribution in [3.05, 3.63) is 70.5 Å². The van der Waals surface area contributed by atoms with Crippen LogP contribution in [-0.4, -0.2) is 23.3 Å². The minimum Gasteiger partial charge on any atom is -0.480 e. The summed E-state index contributed by atoms with van der Waals surface area (Å²) >= 11 is 5.75. The highest BCUT2D eigenvalue weighted by atomic mass is 35.5. The van der Waals surface area contributed by atoms with Gasteiger partial charge in [-0.3, -0.25) is 4.99 Å². The predicted molar refractivity (Wildman–Crippen MR) is 94.2 cm³/mol. The summed E-state index contributed by atoms with van der Waals surface area (Å²) in [4.78, 5) is 15.8. The highest BCUT2D eigenvalue weighted by Crippen LogP contribution is 2.39. The number of fused-ring (bicyclic) bond motifs is 1. The van der Waals surface area contributed by atoms with Crippen molar-refractivity contribution in [1.82, 2.24) is 0 Å². The van der Waals surface area contributed by atoms with Crippen LogP contribution in [0.1, 0.15) is 22.7 Å². The maximum Gasteiger partial charge on any atom is 0.333 e. The van der Waals surface area contributed by atoms with Crippen LogP contribution < -0.4 is 0 Å². The van der Waals surface area contributed by atoms with Gasteiger partial charge in [-0.2, -0.15) is 10.2 Å². The van der Waals surface area contributed by atoms with Gasteiger partial charge in [0.1, 0.15) is 11.9 Å². The molecule has 0 saturated heterocycles. The summed E-state index contributed by atoms with van der Waals surface area (Å²) in [6.45, 7) is 3.68. The van der Waals surface area contributed by atoms with Crippen molar-refractivity contribution in [3.8, 4) is 0 Å². The molecule has 3 rings (SSSR count). The van der Waals surface area contributed by atoms with Crippen molar-refractivity contribution in [3.63, 3.8) is 0 Å². The molecule has 2 unspecified atom stereocenters. The molecule has 2 aromatic rings. The van der Waals surface area contributed by atoms with E-state index < -0.39 is 23.9 Å². The smallest absolute Gasteiger partial charge is 0.333 e. The van der Waals surface area contributed by atoms with E-state index in [-0.39, 0.29) is 5.02 Å². The second-order valence-electron chi connectivity index (χ2n) is 5.42. The van der Waals surface area contributed by atoms with Crippen LogP contribution in [0, 0.1) is 5.82 Å². The number of hydrogen-bond donors (Lipinski definition) is 1. The summed E-state index contributed by atoms with van der Waals surface area (Å²) in [5.74, 6) is -1.84. The minimum absolute atomic E-state index is 0.103. The maximum atomic E-state index is 13.8. The van der Waals surface area contributed by atoms with E-state index in [4.69, 9.17) is 11.6 Å². The predicted octanol–water partition coefficient (Wildman–Crippen LogP) is 4.83. The average Bonchev–Trinajstić information content (AvgIpc) is 2.61. The van der Waals surface area contributed by atoms with Crippen LogP contribution in [0.3, 0.4) is 0 Å². The zero-order valence-electron chi connectivity index (χ0n) is 12.9. The zero-order chi connectivity index (χ0) is 18.0. The Bertz CT molecular complexity index is 894. The third kappa shape index (κ3) is 3.49. The van der Waals surface area contributed by atoms with Crippen molar-refractivity contribution in [2.45, 2.75) is 12.1 Å². The second kappa shape index (κ2) is 6.94. The number of aliphatic carboxylic acids is 1. The number of carbonyl (C=O) groups is 1. The number of rotatable bonds is 4. The van der Waals surface area contributed by atoms with Gasteiger partial charge in [-0.05, 0) is 23.3 Å². The first-order valence-electron chi connectivity index (χ1n) is 7.38. The van der Waals surface area contributed by atoms with Crippen molar-refractivity contribution in [1.29, 1.82) is 0 Å². The van der Waals surface area contributed by atoms with Gasteiger partial charge in [0.25, 0.3) is 0 Å². The Hall–Kier alpha value is -2.86. The second-order valence-corrected chi connectivity index (χ2v) is 5.82. The molecule has 0 fully saturated rings. The minimum atomic E-state index is -1.23. The van der Waals surface area contributed by atoms with Gasteiger partial charge in [-0.1, -0.05) is 48.5 Å². The molecule has 1 heterocycles. The number of azo groups is 1. The number of hydrogen-bond acceptors (Lipinski definition) is 4. The SMILES string of the molecule is C=Cc1ccc(C=NC2c3cc(F)c(Cl)cc3N=NC2C(=O)O)cc1. The van der Waals surface area contributed by atoms with E-state index in [2.05, 4.69) is 21.8 Å². The fraction of sp³-hybridized carbons (Fsp3) is 0.111. The molecule has 0 saturated carbocycles. The molecule has 0 bridgehead atoms. The topological polar surface area (TPSA) is 74.4 Å². The first-order valence-corrected chi connectivity index (χ1v) is 7.75. The summed E-state index contributed by atoms with van der Waals surface area (Å²) in [5.41, 5.74) is 2.37. The fourth-order valence-electron chi connectivity index (χ4n) is 2.46. The molecule has 0 amide bonds. The Morgan fingerprint density at radius 1 is 1.28 bits per heavy atom. The lowest BCUT2D eigenvalue weighted by Gasteiger charge is -2.22. The lowest BCUT2D eigenvalue weighted by atomic mass is 9.97. The van der Waals surface area contributed by atoms with Gasteiger partial charge >= 0.3 is 5.97 Å². The van der Waals surface area contributed by atoms with E-state index in [1.807, 2.05) is 24.3 Å². The molecule has 126 valence electrons. The Kier molecular flexibility index (Phi) is 4.72. The summed E-state index contributed by atoms with van der Waals surface area (Å²) < 4.78 is 13.8. The Morgan fingerprint density at radius 3 is 2.60 bits per heavy atom. The number of aliphatic imine (C=N–C) groups is 1. The number of benzene rings is 2. The Balaban J connectivity index is 2.00. The molecule has 0 spiro atoms. The largest absolute Gasteiger partial charge is 0.480 e. The molecular formula is C18H13ClFN3O2. The van der Waals surface area contributed by atoms with Crippen LogP contribution in [0.25, 0.3) is 6.08 Å². The van der Waals surface area contributed by atoms with Crippen LogP contribution in [0.4, 0.5) is 10.1 Å². The van der Waals surface area contributed by atoms with Crippen molar-refractivity contribution >= 4 is 35.5 Å². The van der Waals surface area contributed by atoms with E-state index >= 15 is 0 Å². The summed E-state index contributed by atoms with van der Waals surface area (Å²) in [7, 11) is 0. The van der Waals surface area contributed by atoms with E-state index in [0.717, 1.165) is 17.2 Å². The molecule has 1 N–H and O–H groups in total. The van der Waals surface area contributed by atoms with Crippen LogP contribution in [0.5, 0.6) is 0 Å². The average molecular weight is 358 g/mol. The molecule has 2 atom stereocenters. The standard InChI is InChI=1S/C18H13ClFN3O2/c1-2-10-3-5-11(6-4-10)9-21-16-12-7-14(20)13(19)8-15(12)22-23-17(16)18(24)25/h2-9,16-17H,1H2,(H,24,25). The van der Waals surface area contributed by atoms with Gasteiger partial charge in [0.15, 0.2) is 6.04 Å². The summed E-state index contributed by atoms with van der Waals surface area (Å²) in [6, 6.07) is 7.72. The quantitative estimate of drug-likeness (QED) is 0.795. The van der Waals surface area contributed by atoms with Crippen molar-refractivity contribution in [2.75, 3.05) is 0 Å². The van der Waals surface area contributed by atoms with Gasteiger partial charge in [0.05, 0.1) is 10.7 Å². The van der Waals surface area contributed by atoms with Gasteiger partial charge in [0.2, 0.25) is 0 Å². The van der Waals surface area contributed by atoms with Crippen LogP contribution >= 0.6 is 11.6 Å². The molecule has 7 heteroatoms. The monoisotopic (exact) mass is 357 g/mol. The summed E-state index contributed by atoms with van der Waals surface area (Å²) in [6.07, 6.45) is 3.25. The Labute approximate surface area is 148 Å². The molecule has 25 heavy (non-hydrogen) atoms. The summed E-state index contributed by atoms with van der Waals surface area (Å²) in [5, 5.41) is 16.9. The highest BCUT2D eigenvalue weighted by molar-refractivity contribution is 6.31. The van der Waals surface area contributed by atoms with Gasteiger partial charge < -0.3 is 5.11 Å². The molecule has 2 aromatic carbocycles. The lowest BCUT2D eigenvalue weighted by molar-refractivity contribution is -0.139. The number of halogens is 2. The third-order valence-corrected chi connectivity index (χ3v) is 4.08. The van der Waals surface area contributed by atoms with Crippen LogP contribution in [-0.2, 0) is 4.79 Å². The van der Waals surface area contributed by atoms with E-state index in [9.17, 15) is 14.3 Å². The normalized spacial score (nSPS) is 19.0. The number of nitrogens with zero attached hydrogens (tertiary/aromatic N) is 3. The zero-order valence-corrected chi connectivity index (χ0v) is 13.7. The molecule has 1 aliphatic heterocycles. The maximum absolute atomic E-state index is 13.8. The van der Waals surface area contributed by atoms with Gasteiger partial charge in [-0.25, -0.2) is 9.18 Å². The first kappa shape index (κ1) is 17.0. The molecule has 0 aromatic heterocycles. The fourth-order valence-corrected chi connectivity index (χ4v) is 2.62.